The number of fused-ring (bicyclic) bond motifs is 2. The molecule has 8 heteroatoms. The van der Waals surface area contributed by atoms with Crippen LogP contribution in [0.5, 0.6) is 11.5 Å². The van der Waals surface area contributed by atoms with Gasteiger partial charge >= 0.3 is 6.18 Å². The molecule has 2 aromatic rings. The second kappa shape index (κ2) is 8.39. The molecule has 4 rings (SSSR count). The molecule has 0 saturated carbocycles. The van der Waals surface area contributed by atoms with Crippen molar-refractivity contribution < 1.29 is 22.7 Å². The molecule has 176 valence electrons. The lowest BCUT2D eigenvalue weighted by Gasteiger charge is -2.29. The highest BCUT2D eigenvalue weighted by Crippen LogP contribution is 2.42. The highest BCUT2D eigenvalue weighted by Gasteiger charge is 2.33. The van der Waals surface area contributed by atoms with Gasteiger partial charge in [0.1, 0.15) is 17.3 Å². The zero-order valence-corrected chi connectivity index (χ0v) is 19.3. The molecule has 1 fully saturated rings. The van der Waals surface area contributed by atoms with E-state index in [9.17, 15) is 18.0 Å². The molecule has 0 aromatic heterocycles. The molecule has 2 aliphatic rings. The predicted molar refractivity (Wildman–Crippen MR) is 121 cm³/mol. The van der Waals surface area contributed by atoms with E-state index in [-0.39, 0.29) is 17.3 Å². The zero-order valence-electron chi connectivity index (χ0n) is 19.3. The fourth-order valence-electron chi connectivity index (χ4n) is 4.12. The first-order chi connectivity index (χ1) is 15.4. The minimum absolute atomic E-state index is 0.0897. The summed E-state index contributed by atoms with van der Waals surface area (Å²) in [6.07, 6.45) is -3.74. The second-order valence-electron chi connectivity index (χ2n) is 9.60. The van der Waals surface area contributed by atoms with E-state index < -0.39 is 17.2 Å². The number of hydrogen-bond donors (Lipinski definition) is 0. The van der Waals surface area contributed by atoms with E-state index in [0.717, 1.165) is 29.7 Å². The van der Waals surface area contributed by atoms with Crippen molar-refractivity contribution >= 4 is 17.4 Å². The van der Waals surface area contributed by atoms with Crippen molar-refractivity contribution in [2.24, 2.45) is 10.4 Å². The van der Waals surface area contributed by atoms with Gasteiger partial charge in [0.05, 0.1) is 11.1 Å². The molecule has 5 nitrogen and oxygen atoms in total. The molecule has 2 heterocycles. The number of amidine groups is 1. The Kier molecular flexibility index (Phi) is 5.88. The summed E-state index contributed by atoms with van der Waals surface area (Å²) in [4.78, 5) is 21.4. The summed E-state index contributed by atoms with van der Waals surface area (Å²) in [7, 11) is 0. The Hall–Kier alpha value is -3.03. The number of alkyl halides is 3. The molecule has 0 N–H and O–H groups in total. The monoisotopic (exact) mass is 459 g/mol. The first kappa shape index (κ1) is 23.1. The predicted octanol–water partition coefficient (Wildman–Crippen LogP) is 5.78. The summed E-state index contributed by atoms with van der Waals surface area (Å²) in [6.45, 7) is 9.97. The Morgan fingerprint density at radius 2 is 1.70 bits per heavy atom. The number of nitrogens with zero attached hydrogens (tertiary/aromatic N) is 3. The van der Waals surface area contributed by atoms with Crippen molar-refractivity contribution in [2.45, 2.75) is 40.3 Å². The van der Waals surface area contributed by atoms with Gasteiger partial charge in [-0.05, 0) is 43.7 Å². The van der Waals surface area contributed by atoms with Crippen molar-refractivity contribution in [3.63, 3.8) is 0 Å². The fraction of sp³-hybridized carbons (Fsp3) is 0.440. The third kappa shape index (κ3) is 4.84. The molecule has 1 saturated heterocycles. The number of aryl methyl sites for hydroxylation is 1. The molecule has 1 amide bonds. The van der Waals surface area contributed by atoms with E-state index in [0.29, 0.717) is 37.8 Å². The fourth-order valence-corrected chi connectivity index (χ4v) is 4.12. The second-order valence-corrected chi connectivity index (χ2v) is 9.60. The number of benzene rings is 2. The van der Waals surface area contributed by atoms with Gasteiger partial charge < -0.3 is 14.5 Å². The third-order valence-corrected chi connectivity index (χ3v) is 5.83. The topological polar surface area (TPSA) is 45.1 Å². The molecule has 0 radical (unpaired) electrons. The third-order valence-electron chi connectivity index (χ3n) is 5.83. The number of aliphatic imine (C=N–C) groups is 1. The van der Waals surface area contributed by atoms with Gasteiger partial charge in [-0.3, -0.25) is 4.79 Å². The molecule has 2 aromatic carbocycles. The number of ether oxygens (including phenoxy) is 1. The minimum atomic E-state index is -4.48. The SMILES string of the molecule is Cc1ccc2c(c1)C(N1CCCN(C(=O)C(C)(C)C)CC1)=Nc1cc(C(F)(F)F)ccc1O2. The summed E-state index contributed by atoms with van der Waals surface area (Å²) in [5.41, 5.74) is 0.620. The number of amides is 1. The van der Waals surface area contributed by atoms with Crippen LogP contribution < -0.4 is 4.74 Å². The number of hydrogen-bond acceptors (Lipinski definition) is 4. The normalized spacial score (nSPS) is 16.8. The Labute approximate surface area is 191 Å². The van der Waals surface area contributed by atoms with Gasteiger partial charge in [-0.2, -0.15) is 13.2 Å². The van der Waals surface area contributed by atoms with Crippen LogP contribution in [0, 0.1) is 12.3 Å². The largest absolute Gasteiger partial charge is 0.454 e. The average Bonchev–Trinajstić information content (AvgIpc) is 3.06. The van der Waals surface area contributed by atoms with Gasteiger partial charge in [-0.1, -0.05) is 32.4 Å². The van der Waals surface area contributed by atoms with E-state index >= 15 is 0 Å². The van der Waals surface area contributed by atoms with Gasteiger partial charge in [0, 0.05) is 31.6 Å². The van der Waals surface area contributed by atoms with Crippen molar-refractivity contribution in [1.29, 1.82) is 0 Å². The van der Waals surface area contributed by atoms with E-state index in [1.54, 1.807) is 0 Å². The maximum Gasteiger partial charge on any atom is 0.416 e. The van der Waals surface area contributed by atoms with Gasteiger partial charge in [0.25, 0.3) is 0 Å². The van der Waals surface area contributed by atoms with Crippen LogP contribution in [-0.2, 0) is 11.0 Å². The lowest BCUT2D eigenvalue weighted by molar-refractivity contribution is -0.139. The molecule has 0 unspecified atom stereocenters. The Bertz CT molecular complexity index is 1100. The summed E-state index contributed by atoms with van der Waals surface area (Å²) in [5.74, 6) is 1.48. The highest BCUT2D eigenvalue weighted by atomic mass is 19.4. The molecule has 0 atom stereocenters. The van der Waals surface area contributed by atoms with Crippen LogP contribution in [0.3, 0.4) is 0 Å². The molecule has 2 aliphatic heterocycles. The Morgan fingerprint density at radius 1 is 0.970 bits per heavy atom. The standard InChI is InChI=1S/C25H28F3N3O2/c1-16-6-8-20-18(14-16)22(29-19-15-17(25(26,27)28)7-9-21(19)33-20)30-10-5-11-31(13-12-30)23(32)24(2,3)4/h6-9,14-15H,5,10-13H2,1-4H3. The van der Waals surface area contributed by atoms with Crippen LogP contribution in [0.2, 0.25) is 0 Å². The molecule has 0 spiro atoms. The van der Waals surface area contributed by atoms with Gasteiger partial charge in [0.15, 0.2) is 5.75 Å². The number of rotatable bonds is 0. The average molecular weight is 460 g/mol. The van der Waals surface area contributed by atoms with Crippen LogP contribution in [0.1, 0.15) is 43.9 Å². The summed E-state index contributed by atoms with van der Waals surface area (Å²) < 4.78 is 46.1. The number of halogens is 3. The summed E-state index contributed by atoms with van der Waals surface area (Å²) >= 11 is 0. The molecule has 33 heavy (non-hydrogen) atoms. The highest BCUT2D eigenvalue weighted by molar-refractivity contribution is 6.04. The van der Waals surface area contributed by atoms with E-state index in [4.69, 9.17) is 9.73 Å². The molecule has 0 bridgehead atoms. The minimum Gasteiger partial charge on any atom is -0.454 e. The Balaban J connectivity index is 1.74. The summed E-state index contributed by atoms with van der Waals surface area (Å²) in [5, 5.41) is 0. The zero-order chi connectivity index (χ0) is 24.0. The first-order valence-electron chi connectivity index (χ1n) is 11.1. The van der Waals surface area contributed by atoms with Crippen LogP contribution in [0.25, 0.3) is 0 Å². The van der Waals surface area contributed by atoms with Gasteiger partial charge in [-0.25, -0.2) is 4.99 Å². The Morgan fingerprint density at radius 3 is 2.39 bits per heavy atom. The lowest BCUT2D eigenvalue weighted by Crippen LogP contribution is -2.42. The molecule has 0 aliphatic carbocycles. The van der Waals surface area contributed by atoms with Crippen LogP contribution >= 0.6 is 0 Å². The maximum absolute atomic E-state index is 13.4. The molecular weight excluding hydrogens is 431 g/mol. The van der Waals surface area contributed by atoms with E-state index in [1.807, 2.05) is 55.7 Å². The van der Waals surface area contributed by atoms with E-state index in [1.165, 1.54) is 6.07 Å². The van der Waals surface area contributed by atoms with Crippen molar-refractivity contribution in [2.75, 3.05) is 26.2 Å². The van der Waals surface area contributed by atoms with Crippen LogP contribution in [-0.4, -0.2) is 47.7 Å². The number of carbonyl (C=O) groups excluding carboxylic acids is 1. The smallest absolute Gasteiger partial charge is 0.416 e. The maximum atomic E-state index is 13.4. The van der Waals surface area contributed by atoms with E-state index in [2.05, 4.69) is 0 Å². The van der Waals surface area contributed by atoms with Crippen molar-refractivity contribution in [1.82, 2.24) is 9.80 Å². The first-order valence-corrected chi connectivity index (χ1v) is 11.1. The van der Waals surface area contributed by atoms with Gasteiger partial charge in [0.2, 0.25) is 5.91 Å². The van der Waals surface area contributed by atoms with Crippen LogP contribution in [0.15, 0.2) is 41.4 Å². The van der Waals surface area contributed by atoms with Crippen molar-refractivity contribution in [3.8, 4) is 11.5 Å². The van der Waals surface area contributed by atoms with Crippen LogP contribution in [0.4, 0.5) is 18.9 Å². The molecular formula is C25H28F3N3O2. The summed E-state index contributed by atoms with van der Waals surface area (Å²) in [6, 6.07) is 9.02. The van der Waals surface area contributed by atoms with Crippen molar-refractivity contribution in [3.05, 3.63) is 53.1 Å². The van der Waals surface area contributed by atoms with Gasteiger partial charge in [-0.15, -0.1) is 0 Å². The number of carbonyl (C=O) groups is 1. The lowest BCUT2D eigenvalue weighted by atomic mass is 9.94. The quantitative estimate of drug-likeness (QED) is 0.502.